The summed E-state index contributed by atoms with van der Waals surface area (Å²) in [5.74, 6) is 1.19. The van der Waals surface area contributed by atoms with E-state index in [-0.39, 0.29) is 0 Å². The van der Waals surface area contributed by atoms with Crippen LogP contribution in [0.2, 0.25) is 0 Å². The first-order valence-electron chi connectivity index (χ1n) is 6.40. The molecule has 0 radical (unpaired) electrons. The maximum atomic E-state index is 3.72. The first kappa shape index (κ1) is 14.6. The Kier molecular flexibility index (Phi) is 6.07. The standard InChI is InChI=1S/C15H25NS/c1-6-14(10-17-5)16-13(4)15-8-7-11(2)9-12(15)3/h7-9,13-14,16H,6,10H2,1-5H3. The zero-order valence-corrected chi connectivity index (χ0v) is 12.5. The minimum Gasteiger partial charge on any atom is -0.307 e. The molecule has 96 valence electrons. The molecule has 1 aromatic carbocycles. The van der Waals surface area contributed by atoms with Crippen molar-refractivity contribution in [2.45, 2.75) is 46.2 Å². The van der Waals surface area contributed by atoms with E-state index in [4.69, 9.17) is 0 Å². The Morgan fingerprint density at radius 2 is 2.00 bits per heavy atom. The number of nitrogens with one attached hydrogen (secondary N) is 1. The van der Waals surface area contributed by atoms with Gasteiger partial charge in [0.15, 0.2) is 0 Å². The highest BCUT2D eigenvalue weighted by Crippen LogP contribution is 2.20. The Morgan fingerprint density at radius 3 is 2.53 bits per heavy atom. The molecule has 2 heteroatoms. The Morgan fingerprint density at radius 1 is 1.29 bits per heavy atom. The molecule has 1 rings (SSSR count). The van der Waals surface area contributed by atoms with Crippen LogP contribution in [-0.2, 0) is 0 Å². The highest BCUT2D eigenvalue weighted by molar-refractivity contribution is 7.98. The molecule has 0 aliphatic carbocycles. The van der Waals surface area contributed by atoms with Crippen LogP contribution in [0.25, 0.3) is 0 Å². The van der Waals surface area contributed by atoms with Crippen LogP contribution in [0.4, 0.5) is 0 Å². The van der Waals surface area contributed by atoms with Crippen LogP contribution in [0.3, 0.4) is 0 Å². The Hall–Kier alpha value is -0.470. The van der Waals surface area contributed by atoms with Crippen molar-refractivity contribution in [1.29, 1.82) is 0 Å². The fourth-order valence-corrected chi connectivity index (χ4v) is 2.97. The van der Waals surface area contributed by atoms with E-state index in [2.05, 4.69) is 57.5 Å². The van der Waals surface area contributed by atoms with Gasteiger partial charge >= 0.3 is 0 Å². The summed E-state index contributed by atoms with van der Waals surface area (Å²) < 4.78 is 0. The van der Waals surface area contributed by atoms with Gasteiger partial charge in [-0.05, 0) is 44.6 Å². The number of aryl methyl sites for hydroxylation is 2. The monoisotopic (exact) mass is 251 g/mol. The van der Waals surface area contributed by atoms with Gasteiger partial charge in [0.1, 0.15) is 0 Å². The summed E-state index contributed by atoms with van der Waals surface area (Å²) in [5, 5.41) is 3.72. The molecule has 0 bridgehead atoms. The molecular formula is C15H25NS. The second-order valence-electron chi connectivity index (χ2n) is 4.81. The number of benzene rings is 1. The zero-order chi connectivity index (χ0) is 12.8. The lowest BCUT2D eigenvalue weighted by atomic mass is 9.99. The smallest absolute Gasteiger partial charge is 0.0297 e. The quantitative estimate of drug-likeness (QED) is 0.817. The van der Waals surface area contributed by atoms with Crippen molar-refractivity contribution in [1.82, 2.24) is 5.32 Å². The average Bonchev–Trinajstić information content (AvgIpc) is 2.28. The third kappa shape index (κ3) is 4.36. The molecular weight excluding hydrogens is 226 g/mol. The molecule has 0 aromatic heterocycles. The van der Waals surface area contributed by atoms with Gasteiger partial charge in [-0.1, -0.05) is 30.7 Å². The summed E-state index contributed by atoms with van der Waals surface area (Å²) in [6.45, 7) is 8.87. The minimum atomic E-state index is 0.438. The molecule has 0 heterocycles. The fourth-order valence-electron chi connectivity index (χ4n) is 2.24. The summed E-state index contributed by atoms with van der Waals surface area (Å²) in [6, 6.07) is 7.78. The molecule has 0 saturated heterocycles. The fraction of sp³-hybridized carbons (Fsp3) is 0.600. The van der Waals surface area contributed by atoms with Gasteiger partial charge < -0.3 is 5.32 Å². The van der Waals surface area contributed by atoms with Crippen molar-refractivity contribution in [3.05, 3.63) is 34.9 Å². The molecule has 2 atom stereocenters. The van der Waals surface area contributed by atoms with E-state index >= 15 is 0 Å². The molecule has 0 aliphatic heterocycles. The van der Waals surface area contributed by atoms with Crippen LogP contribution in [0.5, 0.6) is 0 Å². The molecule has 0 saturated carbocycles. The van der Waals surface area contributed by atoms with Crippen LogP contribution in [-0.4, -0.2) is 18.1 Å². The predicted octanol–water partition coefficient (Wildman–Crippen LogP) is 4.10. The van der Waals surface area contributed by atoms with Crippen LogP contribution in [0.15, 0.2) is 18.2 Å². The van der Waals surface area contributed by atoms with E-state index in [1.807, 2.05) is 11.8 Å². The summed E-state index contributed by atoms with van der Waals surface area (Å²) in [5.41, 5.74) is 4.16. The van der Waals surface area contributed by atoms with Gasteiger partial charge in [0.25, 0.3) is 0 Å². The SMILES string of the molecule is CCC(CSC)NC(C)c1ccc(C)cc1C. The van der Waals surface area contributed by atoms with Gasteiger partial charge in [0.05, 0.1) is 0 Å². The highest BCUT2D eigenvalue weighted by atomic mass is 32.2. The van der Waals surface area contributed by atoms with Crippen molar-refractivity contribution >= 4 is 11.8 Å². The summed E-state index contributed by atoms with van der Waals surface area (Å²) >= 11 is 1.92. The molecule has 0 spiro atoms. The summed E-state index contributed by atoms with van der Waals surface area (Å²) in [7, 11) is 0. The predicted molar refractivity (Wildman–Crippen MR) is 79.9 cm³/mol. The molecule has 0 amide bonds. The van der Waals surface area contributed by atoms with E-state index in [1.54, 1.807) is 0 Å². The highest BCUT2D eigenvalue weighted by Gasteiger charge is 2.12. The van der Waals surface area contributed by atoms with E-state index in [9.17, 15) is 0 Å². The van der Waals surface area contributed by atoms with Gasteiger partial charge in [-0.15, -0.1) is 0 Å². The molecule has 0 aliphatic rings. The van der Waals surface area contributed by atoms with E-state index in [1.165, 1.54) is 28.9 Å². The van der Waals surface area contributed by atoms with Crippen molar-refractivity contribution in [3.63, 3.8) is 0 Å². The summed E-state index contributed by atoms with van der Waals surface area (Å²) in [6.07, 6.45) is 3.36. The van der Waals surface area contributed by atoms with Crippen molar-refractivity contribution in [3.8, 4) is 0 Å². The Labute approximate surface area is 110 Å². The number of hydrogen-bond acceptors (Lipinski definition) is 2. The number of thioether (sulfide) groups is 1. The number of hydrogen-bond donors (Lipinski definition) is 1. The minimum absolute atomic E-state index is 0.438. The van der Waals surface area contributed by atoms with Gasteiger partial charge in [-0.3, -0.25) is 0 Å². The third-order valence-electron chi connectivity index (χ3n) is 3.24. The van der Waals surface area contributed by atoms with Gasteiger partial charge in [-0.25, -0.2) is 0 Å². The van der Waals surface area contributed by atoms with Gasteiger partial charge in [-0.2, -0.15) is 11.8 Å². The van der Waals surface area contributed by atoms with Crippen LogP contribution in [0, 0.1) is 13.8 Å². The van der Waals surface area contributed by atoms with Gasteiger partial charge in [0.2, 0.25) is 0 Å². The third-order valence-corrected chi connectivity index (χ3v) is 3.97. The van der Waals surface area contributed by atoms with Crippen molar-refractivity contribution < 1.29 is 0 Å². The topological polar surface area (TPSA) is 12.0 Å². The Bertz CT molecular complexity index is 349. The zero-order valence-electron chi connectivity index (χ0n) is 11.7. The molecule has 0 fully saturated rings. The van der Waals surface area contributed by atoms with E-state index < -0.39 is 0 Å². The lowest BCUT2D eigenvalue weighted by Gasteiger charge is -2.23. The van der Waals surface area contributed by atoms with E-state index in [0.29, 0.717) is 12.1 Å². The first-order valence-corrected chi connectivity index (χ1v) is 7.80. The van der Waals surface area contributed by atoms with Crippen LogP contribution < -0.4 is 5.32 Å². The second kappa shape index (κ2) is 7.07. The number of rotatable bonds is 6. The maximum absolute atomic E-state index is 3.72. The van der Waals surface area contributed by atoms with Crippen molar-refractivity contribution in [2.75, 3.05) is 12.0 Å². The lowest BCUT2D eigenvalue weighted by molar-refractivity contribution is 0.473. The molecule has 1 aromatic rings. The lowest BCUT2D eigenvalue weighted by Crippen LogP contribution is -2.33. The van der Waals surface area contributed by atoms with E-state index in [0.717, 1.165) is 0 Å². The molecule has 2 unspecified atom stereocenters. The van der Waals surface area contributed by atoms with Crippen molar-refractivity contribution in [2.24, 2.45) is 0 Å². The Balaban J connectivity index is 2.71. The largest absolute Gasteiger partial charge is 0.307 e. The van der Waals surface area contributed by atoms with Crippen LogP contribution in [0.1, 0.15) is 43.0 Å². The summed E-state index contributed by atoms with van der Waals surface area (Å²) in [4.78, 5) is 0. The first-order chi connectivity index (χ1) is 8.08. The molecule has 1 N–H and O–H groups in total. The normalized spacial score (nSPS) is 14.6. The van der Waals surface area contributed by atoms with Gasteiger partial charge in [0, 0.05) is 17.8 Å². The van der Waals surface area contributed by atoms with Crippen LogP contribution >= 0.6 is 11.8 Å². The second-order valence-corrected chi connectivity index (χ2v) is 5.72. The average molecular weight is 251 g/mol. The molecule has 1 nitrogen and oxygen atoms in total. The maximum Gasteiger partial charge on any atom is 0.0297 e. The molecule has 17 heavy (non-hydrogen) atoms.